The van der Waals surface area contributed by atoms with E-state index in [2.05, 4.69) is 23.3 Å². The number of nitrogens with one attached hydrogen (secondary N) is 3. The molecular weight excluding hydrogens is 400 g/mol. The minimum absolute atomic E-state index is 0.236. The molecule has 0 aliphatic rings. The lowest BCUT2D eigenvalue weighted by Crippen LogP contribution is -2.56. The molecule has 0 aliphatic heterocycles. The highest BCUT2D eigenvalue weighted by Crippen LogP contribution is 2.01. The molecule has 0 radical (unpaired) electrons. The van der Waals surface area contributed by atoms with Crippen LogP contribution >= 0.6 is 12.6 Å². The Bertz CT molecular complexity index is 628. The van der Waals surface area contributed by atoms with Crippen LogP contribution in [0.1, 0.15) is 19.3 Å². The lowest BCUT2D eigenvalue weighted by molar-refractivity contribution is -0.140. The maximum atomic E-state index is 12.3. The third kappa shape index (κ3) is 10.3. The SMILES string of the molecule is NC(CC(=O)O)C(=O)NC(CS)C(=O)NC(CCC(=O)O)C(=O)NCC(=O)O. The molecule has 13 nitrogen and oxygen atoms in total. The van der Waals surface area contributed by atoms with Crippen LogP contribution in [0.5, 0.6) is 0 Å². The van der Waals surface area contributed by atoms with Gasteiger partial charge in [0.25, 0.3) is 0 Å². The molecule has 28 heavy (non-hydrogen) atoms. The molecule has 0 spiro atoms. The number of rotatable bonds is 13. The molecule has 0 bridgehead atoms. The second-order valence-electron chi connectivity index (χ2n) is 5.55. The van der Waals surface area contributed by atoms with E-state index in [0.717, 1.165) is 0 Å². The second kappa shape index (κ2) is 12.5. The molecule has 0 rings (SSSR count). The van der Waals surface area contributed by atoms with Gasteiger partial charge in [-0.05, 0) is 6.42 Å². The Balaban J connectivity index is 5.03. The molecule has 0 aliphatic carbocycles. The Kier molecular flexibility index (Phi) is 11.2. The summed E-state index contributed by atoms with van der Waals surface area (Å²) in [6.07, 6.45) is -1.50. The molecule has 3 amide bonds. The summed E-state index contributed by atoms with van der Waals surface area (Å²) in [7, 11) is 0. The predicted molar refractivity (Wildman–Crippen MR) is 95.5 cm³/mol. The zero-order valence-electron chi connectivity index (χ0n) is 14.6. The minimum atomic E-state index is -1.42. The van der Waals surface area contributed by atoms with E-state index in [4.69, 9.17) is 21.1 Å². The van der Waals surface area contributed by atoms with Gasteiger partial charge in [0, 0.05) is 12.2 Å². The first-order valence-corrected chi connectivity index (χ1v) is 8.51. The zero-order chi connectivity index (χ0) is 21.9. The zero-order valence-corrected chi connectivity index (χ0v) is 15.5. The van der Waals surface area contributed by atoms with Crippen LogP contribution in [0.15, 0.2) is 0 Å². The molecule has 0 saturated carbocycles. The number of amides is 3. The van der Waals surface area contributed by atoms with Crippen molar-refractivity contribution >= 4 is 48.3 Å². The minimum Gasteiger partial charge on any atom is -0.481 e. The van der Waals surface area contributed by atoms with Crippen LogP contribution in [0.25, 0.3) is 0 Å². The number of carbonyl (C=O) groups is 6. The molecule has 3 atom stereocenters. The van der Waals surface area contributed by atoms with Crippen LogP contribution < -0.4 is 21.7 Å². The Morgan fingerprint density at radius 2 is 1.39 bits per heavy atom. The van der Waals surface area contributed by atoms with Crippen LogP contribution in [0.4, 0.5) is 0 Å². The monoisotopic (exact) mass is 422 g/mol. The number of nitrogens with two attached hydrogens (primary N) is 1. The summed E-state index contributed by atoms with van der Waals surface area (Å²) in [5.74, 6) is -6.92. The quantitative estimate of drug-likeness (QED) is 0.138. The lowest BCUT2D eigenvalue weighted by Gasteiger charge is -2.22. The Hall–Kier alpha value is -2.87. The van der Waals surface area contributed by atoms with Crippen LogP contribution in [0, 0.1) is 0 Å². The molecule has 158 valence electrons. The molecule has 0 aromatic carbocycles. The Morgan fingerprint density at radius 3 is 1.86 bits per heavy atom. The number of hydrogen-bond donors (Lipinski definition) is 8. The fourth-order valence-electron chi connectivity index (χ4n) is 1.85. The highest BCUT2D eigenvalue weighted by atomic mass is 32.1. The van der Waals surface area contributed by atoms with Gasteiger partial charge in [0.15, 0.2) is 0 Å². The summed E-state index contributed by atoms with van der Waals surface area (Å²) in [4.78, 5) is 67.9. The average molecular weight is 422 g/mol. The number of thiol groups is 1. The topological polar surface area (TPSA) is 225 Å². The molecule has 3 unspecified atom stereocenters. The summed E-state index contributed by atoms with van der Waals surface area (Å²) in [6, 6.07) is -4.10. The highest BCUT2D eigenvalue weighted by Gasteiger charge is 2.28. The van der Waals surface area contributed by atoms with Gasteiger partial charge < -0.3 is 37.0 Å². The summed E-state index contributed by atoms with van der Waals surface area (Å²) in [5, 5.41) is 32.3. The third-order valence-corrected chi connectivity index (χ3v) is 3.61. The van der Waals surface area contributed by atoms with E-state index in [-0.39, 0.29) is 12.2 Å². The van der Waals surface area contributed by atoms with Crippen molar-refractivity contribution in [3.8, 4) is 0 Å². The Labute approximate surface area is 164 Å². The van der Waals surface area contributed by atoms with E-state index < -0.39 is 73.1 Å². The third-order valence-electron chi connectivity index (χ3n) is 3.24. The fraction of sp³-hybridized carbons (Fsp3) is 0.571. The normalized spacial score (nSPS) is 13.5. The van der Waals surface area contributed by atoms with E-state index in [1.54, 1.807) is 0 Å². The van der Waals surface area contributed by atoms with E-state index >= 15 is 0 Å². The number of carboxylic acids is 3. The van der Waals surface area contributed by atoms with Crippen molar-refractivity contribution in [1.82, 2.24) is 16.0 Å². The van der Waals surface area contributed by atoms with Gasteiger partial charge in [0.2, 0.25) is 17.7 Å². The summed E-state index contributed by atoms with van der Waals surface area (Å²) in [6.45, 7) is -0.741. The van der Waals surface area contributed by atoms with Crippen LogP contribution in [0.3, 0.4) is 0 Å². The van der Waals surface area contributed by atoms with Gasteiger partial charge in [-0.25, -0.2) is 0 Å². The maximum absolute atomic E-state index is 12.3. The van der Waals surface area contributed by atoms with E-state index in [1.807, 2.05) is 5.32 Å². The van der Waals surface area contributed by atoms with Crippen LogP contribution in [0.2, 0.25) is 0 Å². The van der Waals surface area contributed by atoms with Crippen LogP contribution in [-0.4, -0.2) is 81.4 Å². The molecule has 0 saturated heterocycles. The lowest BCUT2D eigenvalue weighted by atomic mass is 10.1. The number of carboxylic acid groups (broad SMARTS) is 3. The van der Waals surface area contributed by atoms with Crippen molar-refractivity contribution in [3.05, 3.63) is 0 Å². The molecule has 0 aromatic heterocycles. The van der Waals surface area contributed by atoms with Crippen molar-refractivity contribution in [2.45, 2.75) is 37.4 Å². The molecule has 8 N–H and O–H groups in total. The fourth-order valence-corrected chi connectivity index (χ4v) is 2.11. The molecule has 0 heterocycles. The van der Waals surface area contributed by atoms with E-state index in [1.165, 1.54) is 0 Å². The van der Waals surface area contributed by atoms with Crippen molar-refractivity contribution in [3.63, 3.8) is 0 Å². The molecule has 0 fully saturated rings. The number of carbonyl (C=O) groups excluding carboxylic acids is 3. The Morgan fingerprint density at radius 1 is 0.821 bits per heavy atom. The predicted octanol–water partition coefficient (Wildman–Crippen LogP) is -3.25. The number of aliphatic carboxylic acids is 3. The van der Waals surface area contributed by atoms with Crippen molar-refractivity contribution in [2.24, 2.45) is 5.73 Å². The summed E-state index contributed by atoms with van der Waals surface area (Å²) in [5.41, 5.74) is 5.39. The van der Waals surface area contributed by atoms with Crippen molar-refractivity contribution in [2.75, 3.05) is 12.3 Å². The molecule has 0 aromatic rings. The first-order chi connectivity index (χ1) is 13.0. The highest BCUT2D eigenvalue weighted by molar-refractivity contribution is 7.80. The van der Waals surface area contributed by atoms with Crippen molar-refractivity contribution in [1.29, 1.82) is 0 Å². The second-order valence-corrected chi connectivity index (χ2v) is 5.92. The van der Waals surface area contributed by atoms with Gasteiger partial charge in [0.1, 0.15) is 18.6 Å². The largest absolute Gasteiger partial charge is 0.481 e. The van der Waals surface area contributed by atoms with Gasteiger partial charge in [0.05, 0.1) is 12.5 Å². The van der Waals surface area contributed by atoms with Gasteiger partial charge in [-0.1, -0.05) is 0 Å². The first kappa shape index (κ1) is 25.1. The molecule has 14 heteroatoms. The van der Waals surface area contributed by atoms with Gasteiger partial charge >= 0.3 is 17.9 Å². The maximum Gasteiger partial charge on any atom is 0.322 e. The number of hydrogen-bond acceptors (Lipinski definition) is 8. The van der Waals surface area contributed by atoms with Crippen LogP contribution in [-0.2, 0) is 28.8 Å². The standard InChI is InChI=1S/C14H22N4O9S/c15-6(3-10(21)22)12(25)18-8(5-28)14(27)17-7(1-2-9(19)20)13(26)16-4-11(23)24/h6-8,28H,1-5,15H2,(H,16,26)(H,17,27)(H,18,25)(H,19,20)(H,21,22)(H,23,24). The summed E-state index contributed by atoms with van der Waals surface area (Å²) < 4.78 is 0. The smallest absolute Gasteiger partial charge is 0.322 e. The van der Waals surface area contributed by atoms with E-state index in [0.29, 0.717) is 0 Å². The van der Waals surface area contributed by atoms with Crippen molar-refractivity contribution < 1.29 is 44.1 Å². The molecular formula is C14H22N4O9S. The van der Waals surface area contributed by atoms with E-state index in [9.17, 15) is 28.8 Å². The first-order valence-electron chi connectivity index (χ1n) is 7.88. The average Bonchev–Trinajstić information content (AvgIpc) is 2.59. The van der Waals surface area contributed by atoms with Gasteiger partial charge in [-0.2, -0.15) is 12.6 Å². The van der Waals surface area contributed by atoms with Gasteiger partial charge in [-0.15, -0.1) is 0 Å². The summed E-state index contributed by atoms with van der Waals surface area (Å²) >= 11 is 3.89. The van der Waals surface area contributed by atoms with Gasteiger partial charge in [-0.3, -0.25) is 28.8 Å².